The minimum Gasteiger partial charge on any atom is -0.478 e. The van der Waals surface area contributed by atoms with Gasteiger partial charge in [-0.1, -0.05) is 23.7 Å². The van der Waals surface area contributed by atoms with E-state index in [9.17, 15) is 14.7 Å². The van der Waals surface area contributed by atoms with Gasteiger partial charge < -0.3 is 20.2 Å². The summed E-state index contributed by atoms with van der Waals surface area (Å²) >= 11 is 6.12. The number of carboxylic acid groups (broad SMARTS) is 1. The average molecular weight is 444 g/mol. The van der Waals surface area contributed by atoms with Gasteiger partial charge in [0.05, 0.1) is 17.8 Å². The molecule has 8 nitrogen and oxygen atoms in total. The lowest BCUT2D eigenvalue weighted by Crippen LogP contribution is -2.52. The highest BCUT2D eigenvalue weighted by atomic mass is 35.5. The summed E-state index contributed by atoms with van der Waals surface area (Å²) in [4.78, 5) is 27.8. The van der Waals surface area contributed by atoms with E-state index in [0.29, 0.717) is 18.3 Å². The second-order valence-corrected chi connectivity index (χ2v) is 8.77. The Morgan fingerprint density at radius 2 is 2.13 bits per heavy atom. The van der Waals surface area contributed by atoms with Gasteiger partial charge in [0.25, 0.3) is 0 Å². The first-order valence-electron chi connectivity index (χ1n) is 10.4. The van der Waals surface area contributed by atoms with Gasteiger partial charge in [-0.05, 0) is 49.4 Å². The lowest BCUT2D eigenvalue weighted by molar-refractivity contribution is 0.0696. The van der Waals surface area contributed by atoms with E-state index in [0.717, 1.165) is 36.4 Å². The molecule has 2 unspecified atom stereocenters. The van der Waals surface area contributed by atoms with Crippen molar-refractivity contribution in [1.29, 1.82) is 0 Å². The van der Waals surface area contributed by atoms with E-state index < -0.39 is 5.97 Å². The molecule has 2 amide bonds. The zero-order chi connectivity index (χ0) is 22.1. The lowest BCUT2D eigenvalue weighted by atomic mass is 10.0. The van der Waals surface area contributed by atoms with Crippen LogP contribution in [0.3, 0.4) is 0 Å². The van der Waals surface area contributed by atoms with E-state index in [1.165, 1.54) is 17.8 Å². The number of hydrogen-bond donors (Lipinski definition) is 2. The van der Waals surface area contributed by atoms with Crippen LogP contribution in [0.15, 0.2) is 30.5 Å². The monoisotopic (exact) mass is 443 g/mol. The molecule has 2 fully saturated rings. The fraction of sp³-hybridized carbons (Fsp3) is 0.455. The number of benzene rings is 1. The van der Waals surface area contributed by atoms with Gasteiger partial charge in [0.2, 0.25) is 0 Å². The fourth-order valence-electron chi connectivity index (χ4n) is 4.15. The number of urea groups is 1. The Kier molecular flexibility index (Phi) is 6.00. The molecule has 9 heteroatoms. The van der Waals surface area contributed by atoms with Crippen LogP contribution in [0.1, 0.15) is 46.7 Å². The number of aromatic nitrogens is 2. The van der Waals surface area contributed by atoms with Crippen molar-refractivity contribution < 1.29 is 14.7 Å². The van der Waals surface area contributed by atoms with Crippen LogP contribution in [-0.2, 0) is 0 Å². The number of aryl methyl sites for hydroxylation is 1. The molecule has 1 saturated heterocycles. The average Bonchev–Trinajstić information content (AvgIpc) is 3.54. The second kappa shape index (κ2) is 8.70. The normalized spacial score (nSPS) is 22.7. The third-order valence-corrected chi connectivity index (χ3v) is 6.61. The Labute approximate surface area is 186 Å². The molecule has 2 heterocycles. The summed E-state index contributed by atoms with van der Waals surface area (Å²) in [5.41, 5.74) is 2.36. The van der Waals surface area contributed by atoms with Gasteiger partial charge in [-0.25, -0.2) is 9.59 Å². The maximum Gasteiger partial charge on any atom is 0.337 e. The molecule has 1 aromatic carbocycles. The molecule has 1 aliphatic heterocycles. The van der Waals surface area contributed by atoms with Crippen molar-refractivity contribution in [2.24, 2.45) is 0 Å². The Hall–Kier alpha value is -2.87. The number of rotatable bonds is 5. The molecular weight excluding hydrogens is 418 g/mol. The van der Waals surface area contributed by atoms with E-state index in [4.69, 9.17) is 11.6 Å². The molecular formula is C22H26ClN5O3. The van der Waals surface area contributed by atoms with Crippen molar-refractivity contribution in [2.75, 3.05) is 25.0 Å². The Balaban J connectivity index is 1.35. The van der Waals surface area contributed by atoms with Crippen molar-refractivity contribution >= 4 is 29.4 Å². The van der Waals surface area contributed by atoms with Crippen LogP contribution in [-0.4, -0.2) is 64.4 Å². The molecule has 164 valence electrons. The van der Waals surface area contributed by atoms with E-state index in [2.05, 4.69) is 21.6 Å². The number of piperidine rings is 1. The summed E-state index contributed by atoms with van der Waals surface area (Å²) in [6.45, 7) is 3.33. The minimum atomic E-state index is -1.03. The third kappa shape index (κ3) is 4.74. The van der Waals surface area contributed by atoms with Crippen molar-refractivity contribution in [3.63, 3.8) is 0 Å². The molecule has 0 spiro atoms. The van der Waals surface area contributed by atoms with E-state index in [1.54, 1.807) is 4.90 Å². The number of carboxylic acids is 1. The molecule has 1 saturated carbocycles. The van der Waals surface area contributed by atoms with Crippen LogP contribution >= 0.6 is 11.6 Å². The van der Waals surface area contributed by atoms with Crippen LogP contribution in [0, 0.1) is 6.92 Å². The molecule has 0 radical (unpaired) electrons. The first-order valence-corrected chi connectivity index (χ1v) is 10.8. The van der Waals surface area contributed by atoms with Gasteiger partial charge in [-0.15, -0.1) is 5.10 Å². The largest absolute Gasteiger partial charge is 0.478 e. The van der Waals surface area contributed by atoms with Crippen LogP contribution in [0.4, 0.5) is 10.6 Å². The summed E-state index contributed by atoms with van der Waals surface area (Å²) in [5, 5.41) is 21.0. The maximum atomic E-state index is 12.8. The Morgan fingerprint density at radius 3 is 2.87 bits per heavy atom. The third-order valence-electron chi connectivity index (χ3n) is 6.19. The van der Waals surface area contributed by atoms with Gasteiger partial charge in [0.1, 0.15) is 0 Å². The maximum absolute atomic E-state index is 12.8. The molecule has 3 atom stereocenters. The first kappa shape index (κ1) is 21.4. The predicted octanol–water partition coefficient (Wildman–Crippen LogP) is 3.30. The molecule has 31 heavy (non-hydrogen) atoms. The second-order valence-electron chi connectivity index (χ2n) is 8.37. The first-order chi connectivity index (χ1) is 14.8. The molecule has 2 N–H and O–H groups in total. The van der Waals surface area contributed by atoms with Gasteiger partial charge in [0.15, 0.2) is 5.82 Å². The number of carbonyl (C=O) groups is 2. The number of aromatic carboxylic acids is 1. The van der Waals surface area contributed by atoms with Crippen LogP contribution in [0.25, 0.3) is 0 Å². The van der Waals surface area contributed by atoms with Crippen molar-refractivity contribution in [3.8, 4) is 0 Å². The van der Waals surface area contributed by atoms with Gasteiger partial charge >= 0.3 is 12.0 Å². The van der Waals surface area contributed by atoms with E-state index in [1.807, 2.05) is 31.0 Å². The lowest BCUT2D eigenvalue weighted by Gasteiger charge is -2.38. The van der Waals surface area contributed by atoms with Crippen LogP contribution in [0.5, 0.6) is 0 Å². The SMILES string of the molecule is Cc1cc(C2CC2NC(=O)N(C)[C@@H]2CCCN(c3cc(C(=O)O)cnn3)C2)ccc1Cl. The topological polar surface area (TPSA) is 98.7 Å². The summed E-state index contributed by atoms with van der Waals surface area (Å²) in [6, 6.07) is 7.62. The predicted molar refractivity (Wildman–Crippen MR) is 118 cm³/mol. The highest BCUT2D eigenvalue weighted by molar-refractivity contribution is 6.31. The van der Waals surface area contributed by atoms with Crippen molar-refractivity contribution in [1.82, 2.24) is 20.4 Å². The number of likely N-dealkylation sites (N-methyl/N-ethyl adjacent to an activating group) is 1. The number of amides is 2. The van der Waals surface area contributed by atoms with Gasteiger partial charge in [-0.2, -0.15) is 5.10 Å². The van der Waals surface area contributed by atoms with E-state index in [-0.39, 0.29) is 23.7 Å². The molecule has 1 aliphatic carbocycles. The summed E-state index contributed by atoms with van der Waals surface area (Å²) < 4.78 is 0. The number of hydrogen-bond acceptors (Lipinski definition) is 5. The Bertz CT molecular complexity index is 1000. The zero-order valence-corrected chi connectivity index (χ0v) is 18.3. The molecule has 4 rings (SSSR count). The van der Waals surface area contributed by atoms with Crippen LogP contribution < -0.4 is 10.2 Å². The number of halogens is 1. The van der Waals surface area contributed by atoms with Crippen LogP contribution in [0.2, 0.25) is 5.02 Å². The molecule has 1 aromatic heterocycles. The summed E-state index contributed by atoms with van der Waals surface area (Å²) in [7, 11) is 1.81. The zero-order valence-electron chi connectivity index (χ0n) is 17.6. The molecule has 2 aromatic rings. The van der Waals surface area contributed by atoms with Gasteiger partial charge in [0, 0.05) is 37.1 Å². The Morgan fingerprint density at radius 1 is 1.32 bits per heavy atom. The number of carbonyl (C=O) groups excluding carboxylic acids is 1. The summed E-state index contributed by atoms with van der Waals surface area (Å²) in [6.07, 6.45) is 3.93. The molecule has 2 aliphatic rings. The number of nitrogens with one attached hydrogen (secondary N) is 1. The van der Waals surface area contributed by atoms with Gasteiger partial charge in [-0.3, -0.25) is 0 Å². The minimum absolute atomic E-state index is 0.0130. The highest BCUT2D eigenvalue weighted by Crippen LogP contribution is 2.41. The van der Waals surface area contributed by atoms with Crippen molar-refractivity contribution in [2.45, 2.75) is 44.2 Å². The number of anilines is 1. The van der Waals surface area contributed by atoms with Crippen molar-refractivity contribution in [3.05, 3.63) is 52.2 Å². The summed E-state index contributed by atoms with van der Waals surface area (Å²) in [5.74, 6) is -0.181. The molecule has 0 bridgehead atoms. The standard InChI is InChI=1S/C22H26ClN5O3/c1-13-8-14(5-6-18(13)23)17-10-19(17)25-22(31)27(2)16-4-3-7-28(12-16)20-9-15(21(29)30)11-24-26-20/h5-6,8-9,11,16-17,19H,3-4,7,10,12H2,1-2H3,(H,25,31)(H,29,30)/t16-,17?,19?/m1/s1. The smallest absolute Gasteiger partial charge is 0.337 e. The van der Waals surface area contributed by atoms with E-state index >= 15 is 0 Å². The highest BCUT2D eigenvalue weighted by Gasteiger charge is 2.40. The fourth-order valence-corrected chi connectivity index (χ4v) is 4.27. The quantitative estimate of drug-likeness (QED) is 0.735. The number of nitrogens with zero attached hydrogens (tertiary/aromatic N) is 4.